The number of rotatable bonds is 10. The molecule has 0 saturated carbocycles. The monoisotopic (exact) mass is 530 g/mol. The number of carbonyl (C=O) groups excluding carboxylic acids is 2. The molecule has 184 valence electrons. The van der Waals surface area contributed by atoms with Crippen LogP contribution >= 0.6 is 34.8 Å². The van der Waals surface area contributed by atoms with Crippen molar-refractivity contribution in [1.29, 1.82) is 0 Å². The second kappa shape index (κ2) is 13.0. The van der Waals surface area contributed by atoms with Gasteiger partial charge in [0.2, 0.25) is 11.8 Å². The lowest BCUT2D eigenvalue weighted by molar-refractivity contribution is -0.141. The van der Waals surface area contributed by atoms with E-state index in [4.69, 9.17) is 34.8 Å². The third-order valence-corrected chi connectivity index (χ3v) is 6.89. The average molecular weight is 532 g/mol. The van der Waals surface area contributed by atoms with E-state index in [1.54, 1.807) is 35.2 Å². The third kappa shape index (κ3) is 7.73. The van der Waals surface area contributed by atoms with Crippen LogP contribution in [0.4, 0.5) is 0 Å². The molecule has 7 heteroatoms. The Balaban J connectivity index is 2.00. The number of amides is 2. The van der Waals surface area contributed by atoms with Crippen molar-refractivity contribution in [2.75, 3.05) is 0 Å². The quantitative estimate of drug-likeness (QED) is 0.315. The summed E-state index contributed by atoms with van der Waals surface area (Å²) in [6.45, 7) is 4.20. The minimum Gasteiger partial charge on any atom is -0.352 e. The molecule has 0 saturated heterocycles. The fourth-order valence-corrected chi connectivity index (χ4v) is 4.39. The molecule has 3 aromatic rings. The molecular weight excluding hydrogens is 503 g/mol. The normalized spacial score (nSPS) is 12.6. The average Bonchev–Trinajstić information content (AvgIpc) is 2.85. The molecule has 1 N–H and O–H groups in total. The van der Waals surface area contributed by atoms with Crippen LogP contribution in [-0.4, -0.2) is 28.8 Å². The van der Waals surface area contributed by atoms with E-state index in [2.05, 4.69) is 5.32 Å². The molecule has 2 amide bonds. The topological polar surface area (TPSA) is 49.4 Å². The van der Waals surface area contributed by atoms with Crippen molar-refractivity contribution >= 4 is 46.6 Å². The van der Waals surface area contributed by atoms with Crippen molar-refractivity contribution in [2.24, 2.45) is 0 Å². The molecule has 0 radical (unpaired) electrons. The molecule has 0 fully saturated rings. The van der Waals surface area contributed by atoms with Crippen molar-refractivity contribution in [3.63, 3.8) is 0 Å². The van der Waals surface area contributed by atoms with Crippen molar-refractivity contribution in [3.8, 4) is 0 Å². The second-order valence-electron chi connectivity index (χ2n) is 8.55. The summed E-state index contributed by atoms with van der Waals surface area (Å²) in [6, 6.07) is 21.4. The summed E-state index contributed by atoms with van der Waals surface area (Å²) in [7, 11) is 0. The van der Waals surface area contributed by atoms with Gasteiger partial charge in [0.05, 0.1) is 6.42 Å². The highest BCUT2D eigenvalue weighted by molar-refractivity contribution is 6.36. The smallest absolute Gasteiger partial charge is 0.243 e. The molecule has 0 aliphatic rings. The van der Waals surface area contributed by atoms with Gasteiger partial charge in [-0.3, -0.25) is 9.59 Å². The van der Waals surface area contributed by atoms with Crippen LogP contribution in [0.2, 0.25) is 15.1 Å². The zero-order valence-electron chi connectivity index (χ0n) is 19.8. The van der Waals surface area contributed by atoms with E-state index >= 15 is 0 Å². The van der Waals surface area contributed by atoms with Crippen molar-refractivity contribution in [2.45, 2.75) is 51.7 Å². The number of hydrogen-bond acceptors (Lipinski definition) is 2. The highest BCUT2D eigenvalue weighted by atomic mass is 35.5. The van der Waals surface area contributed by atoms with Crippen LogP contribution in [-0.2, 0) is 29.0 Å². The van der Waals surface area contributed by atoms with Crippen LogP contribution in [0.25, 0.3) is 0 Å². The standard InChI is InChI=1S/C28H29Cl3N2O2/c1-3-19(2)32-28(35)26(16-20-8-5-4-6-9-20)33(18-21-12-14-22(29)15-13-21)27(34)17-23-24(30)10-7-11-25(23)31/h4-15,19,26H,3,16-18H2,1-2H3,(H,32,35)/t19-,26+/m0/s1. The summed E-state index contributed by atoms with van der Waals surface area (Å²) in [6.07, 6.45) is 1.14. The SMILES string of the molecule is CC[C@H](C)NC(=O)[C@@H](Cc1ccccc1)N(Cc1ccc(Cl)cc1)C(=O)Cc1c(Cl)cccc1Cl. The fraction of sp³-hybridized carbons (Fsp3) is 0.286. The lowest BCUT2D eigenvalue weighted by atomic mass is 10.0. The highest BCUT2D eigenvalue weighted by Crippen LogP contribution is 2.26. The largest absolute Gasteiger partial charge is 0.352 e. The van der Waals surface area contributed by atoms with E-state index in [0.717, 1.165) is 17.5 Å². The number of carbonyl (C=O) groups is 2. The molecule has 3 aromatic carbocycles. The first kappa shape index (κ1) is 27.1. The Morgan fingerprint density at radius 1 is 0.857 bits per heavy atom. The first-order chi connectivity index (χ1) is 16.8. The molecule has 0 bridgehead atoms. The Morgan fingerprint density at radius 3 is 2.09 bits per heavy atom. The Labute approximate surface area is 222 Å². The zero-order chi connectivity index (χ0) is 25.4. The number of nitrogens with zero attached hydrogens (tertiary/aromatic N) is 1. The molecule has 0 unspecified atom stereocenters. The molecule has 0 spiro atoms. The van der Waals surface area contributed by atoms with Gasteiger partial charge < -0.3 is 10.2 Å². The van der Waals surface area contributed by atoms with Gasteiger partial charge in [-0.15, -0.1) is 0 Å². The van der Waals surface area contributed by atoms with Crippen LogP contribution in [0.1, 0.15) is 37.0 Å². The van der Waals surface area contributed by atoms with Crippen LogP contribution in [0, 0.1) is 0 Å². The maximum absolute atomic E-state index is 13.8. The molecule has 0 aliphatic heterocycles. The molecule has 4 nitrogen and oxygen atoms in total. The van der Waals surface area contributed by atoms with Crippen molar-refractivity contribution < 1.29 is 9.59 Å². The maximum Gasteiger partial charge on any atom is 0.243 e. The summed E-state index contributed by atoms with van der Waals surface area (Å²) in [5.74, 6) is -0.439. The van der Waals surface area contributed by atoms with E-state index in [1.165, 1.54) is 0 Å². The van der Waals surface area contributed by atoms with Gasteiger partial charge in [-0.2, -0.15) is 0 Å². The van der Waals surface area contributed by atoms with E-state index in [-0.39, 0.29) is 30.8 Å². The van der Waals surface area contributed by atoms with Gasteiger partial charge in [0.15, 0.2) is 0 Å². The maximum atomic E-state index is 13.8. The summed E-state index contributed by atoms with van der Waals surface area (Å²) < 4.78 is 0. The van der Waals surface area contributed by atoms with Gasteiger partial charge in [0.1, 0.15) is 6.04 Å². The lowest BCUT2D eigenvalue weighted by Crippen LogP contribution is -2.52. The van der Waals surface area contributed by atoms with E-state index in [9.17, 15) is 9.59 Å². The molecular formula is C28H29Cl3N2O2. The summed E-state index contributed by atoms with van der Waals surface area (Å²) >= 11 is 18.8. The van der Waals surface area contributed by atoms with Gasteiger partial charge in [-0.05, 0) is 54.3 Å². The van der Waals surface area contributed by atoms with E-state index in [0.29, 0.717) is 27.1 Å². The number of halogens is 3. The van der Waals surface area contributed by atoms with Crippen LogP contribution in [0.5, 0.6) is 0 Å². The number of hydrogen-bond donors (Lipinski definition) is 1. The Morgan fingerprint density at radius 2 is 1.49 bits per heavy atom. The summed E-state index contributed by atoms with van der Waals surface area (Å²) in [5.41, 5.74) is 2.37. The van der Waals surface area contributed by atoms with Gasteiger partial charge in [0.25, 0.3) is 0 Å². The molecule has 0 aliphatic carbocycles. The van der Waals surface area contributed by atoms with Gasteiger partial charge >= 0.3 is 0 Å². The molecule has 35 heavy (non-hydrogen) atoms. The minimum absolute atomic E-state index is 0.0198. The van der Waals surface area contributed by atoms with Gasteiger partial charge in [-0.25, -0.2) is 0 Å². The Bertz CT molecular complexity index is 1120. The lowest BCUT2D eigenvalue weighted by Gasteiger charge is -2.32. The van der Waals surface area contributed by atoms with Crippen LogP contribution in [0.3, 0.4) is 0 Å². The number of benzene rings is 3. The predicted molar refractivity (Wildman–Crippen MR) is 144 cm³/mol. The van der Waals surface area contributed by atoms with E-state index < -0.39 is 6.04 Å². The minimum atomic E-state index is -0.726. The van der Waals surface area contributed by atoms with Gasteiger partial charge in [-0.1, -0.05) is 90.3 Å². The Hall–Kier alpha value is -2.53. The van der Waals surface area contributed by atoms with Gasteiger partial charge in [0, 0.05) is 34.1 Å². The molecule has 0 aromatic heterocycles. The van der Waals surface area contributed by atoms with Crippen molar-refractivity contribution in [3.05, 3.63) is 105 Å². The molecule has 3 rings (SSSR count). The molecule has 2 atom stereocenters. The summed E-state index contributed by atoms with van der Waals surface area (Å²) in [5, 5.41) is 4.50. The second-order valence-corrected chi connectivity index (χ2v) is 9.80. The third-order valence-electron chi connectivity index (χ3n) is 5.93. The Kier molecular flexibility index (Phi) is 10.0. The van der Waals surface area contributed by atoms with E-state index in [1.807, 2.05) is 56.3 Å². The number of nitrogens with one attached hydrogen (secondary N) is 1. The van der Waals surface area contributed by atoms with Crippen molar-refractivity contribution in [1.82, 2.24) is 10.2 Å². The highest BCUT2D eigenvalue weighted by Gasteiger charge is 2.31. The zero-order valence-corrected chi connectivity index (χ0v) is 22.1. The fourth-order valence-electron chi connectivity index (χ4n) is 3.74. The van der Waals surface area contributed by atoms with Crippen LogP contribution in [0.15, 0.2) is 72.8 Å². The molecule has 0 heterocycles. The van der Waals surface area contributed by atoms with Crippen LogP contribution < -0.4 is 5.32 Å². The first-order valence-corrected chi connectivity index (χ1v) is 12.7. The predicted octanol–water partition coefficient (Wildman–Crippen LogP) is 6.74. The first-order valence-electron chi connectivity index (χ1n) is 11.6. The summed E-state index contributed by atoms with van der Waals surface area (Å²) in [4.78, 5) is 28.9.